The number of rotatable bonds is 3. The van der Waals surface area contributed by atoms with Crippen molar-refractivity contribution in [3.8, 4) is 22.6 Å². The lowest BCUT2D eigenvalue weighted by Gasteiger charge is -2.04. The van der Waals surface area contributed by atoms with Gasteiger partial charge in [-0.15, -0.1) is 0 Å². The van der Waals surface area contributed by atoms with Gasteiger partial charge in [-0.3, -0.25) is 5.32 Å². The second-order valence-electron chi connectivity index (χ2n) is 4.54. The van der Waals surface area contributed by atoms with Crippen molar-refractivity contribution >= 4 is 27.7 Å². The topological polar surface area (TPSA) is 75.4 Å². The molecule has 2 N–H and O–H groups in total. The van der Waals surface area contributed by atoms with Gasteiger partial charge in [-0.2, -0.15) is 0 Å². The van der Waals surface area contributed by atoms with Crippen LogP contribution in [0.25, 0.3) is 22.6 Å². The van der Waals surface area contributed by atoms with Gasteiger partial charge in [0.05, 0.1) is 0 Å². The molecule has 0 atom stereocenters. The molecule has 0 aliphatic heterocycles. The van der Waals surface area contributed by atoms with Crippen LogP contribution in [-0.4, -0.2) is 16.4 Å². The summed E-state index contributed by atoms with van der Waals surface area (Å²) in [6.07, 6.45) is -1.17. The van der Waals surface area contributed by atoms with E-state index in [0.717, 1.165) is 15.6 Å². The highest BCUT2D eigenvalue weighted by molar-refractivity contribution is 9.10. The average Bonchev–Trinajstić information content (AvgIpc) is 2.92. The molecule has 0 fully saturated rings. The van der Waals surface area contributed by atoms with Gasteiger partial charge in [0.2, 0.25) is 0 Å². The highest BCUT2D eigenvalue weighted by Gasteiger charge is 2.20. The molecule has 0 aliphatic carbocycles. The molecule has 0 saturated heterocycles. The summed E-state index contributed by atoms with van der Waals surface area (Å²) >= 11 is 3.36. The first-order chi connectivity index (χ1) is 10.6. The van der Waals surface area contributed by atoms with Crippen LogP contribution in [0.4, 0.5) is 10.5 Å². The number of halogens is 1. The van der Waals surface area contributed by atoms with Crippen LogP contribution in [0.3, 0.4) is 0 Å². The SMILES string of the molecule is O=C(O)Nc1c(-c2ccccc2)noc1-c1ccc(Br)cc1. The fourth-order valence-electron chi connectivity index (χ4n) is 2.10. The number of amides is 1. The Morgan fingerprint density at radius 3 is 2.36 bits per heavy atom. The number of nitrogens with one attached hydrogen (secondary N) is 1. The Morgan fingerprint density at radius 1 is 1.05 bits per heavy atom. The standard InChI is InChI=1S/C16H11BrN2O3/c17-12-8-6-11(7-9-12)15-14(18-16(20)21)13(19-22-15)10-4-2-1-3-5-10/h1-9,18H,(H,20,21). The quantitative estimate of drug-likeness (QED) is 0.700. The summed E-state index contributed by atoms with van der Waals surface area (Å²) in [6, 6.07) is 16.6. The van der Waals surface area contributed by atoms with Crippen LogP contribution in [0, 0.1) is 0 Å². The summed E-state index contributed by atoms with van der Waals surface area (Å²) in [4.78, 5) is 11.1. The lowest BCUT2D eigenvalue weighted by Crippen LogP contribution is -2.08. The predicted octanol–water partition coefficient (Wildman–Crippen LogP) is 4.86. The number of hydrogen-bond donors (Lipinski definition) is 2. The Kier molecular flexibility index (Phi) is 3.93. The minimum Gasteiger partial charge on any atom is -0.465 e. The average molecular weight is 359 g/mol. The third-order valence-electron chi connectivity index (χ3n) is 3.08. The predicted molar refractivity (Wildman–Crippen MR) is 86.7 cm³/mol. The minimum atomic E-state index is -1.17. The van der Waals surface area contributed by atoms with E-state index in [1.807, 2.05) is 54.6 Å². The maximum atomic E-state index is 11.1. The molecule has 0 unspecified atom stereocenters. The Morgan fingerprint density at radius 2 is 1.73 bits per heavy atom. The second-order valence-corrected chi connectivity index (χ2v) is 5.45. The fourth-order valence-corrected chi connectivity index (χ4v) is 2.37. The summed E-state index contributed by atoms with van der Waals surface area (Å²) in [7, 11) is 0. The number of carbonyl (C=O) groups is 1. The minimum absolute atomic E-state index is 0.334. The van der Waals surface area contributed by atoms with Crippen molar-refractivity contribution in [3.63, 3.8) is 0 Å². The molecule has 0 spiro atoms. The lowest BCUT2D eigenvalue weighted by molar-refractivity contribution is 0.209. The zero-order chi connectivity index (χ0) is 15.5. The number of aromatic nitrogens is 1. The molecule has 3 aromatic rings. The van der Waals surface area contributed by atoms with E-state index in [0.29, 0.717) is 17.1 Å². The first-order valence-electron chi connectivity index (χ1n) is 6.46. The van der Waals surface area contributed by atoms with Gasteiger partial charge in [0.1, 0.15) is 11.4 Å². The highest BCUT2D eigenvalue weighted by Crippen LogP contribution is 2.37. The molecule has 2 aromatic carbocycles. The molecule has 0 radical (unpaired) electrons. The number of nitrogens with zero attached hydrogens (tertiary/aromatic N) is 1. The third kappa shape index (κ3) is 2.87. The van der Waals surface area contributed by atoms with E-state index in [9.17, 15) is 4.79 Å². The summed E-state index contributed by atoms with van der Waals surface area (Å²) < 4.78 is 6.31. The molecule has 0 aliphatic rings. The smallest absolute Gasteiger partial charge is 0.409 e. The Labute approximate surface area is 134 Å². The van der Waals surface area contributed by atoms with E-state index in [2.05, 4.69) is 26.4 Å². The molecular weight excluding hydrogens is 348 g/mol. The van der Waals surface area contributed by atoms with E-state index in [-0.39, 0.29) is 0 Å². The molecule has 0 saturated carbocycles. The number of carboxylic acid groups (broad SMARTS) is 1. The van der Waals surface area contributed by atoms with Crippen LogP contribution in [0.15, 0.2) is 63.6 Å². The van der Waals surface area contributed by atoms with Crippen LogP contribution >= 0.6 is 15.9 Å². The van der Waals surface area contributed by atoms with Crippen LogP contribution in [0.1, 0.15) is 0 Å². The van der Waals surface area contributed by atoms with Crippen molar-refractivity contribution in [1.82, 2.24) is 5.16 Å². The molecule has 22 heavy (non-hydrogen) atoms. The summed E-state index contributed by atoms with van der Waals surface area (Å²) in [5.74, 6) is 0.383. The third-order valence-corrected chi connectivity index (χ3v) is 3.61. The Bertz CT molecular complexity index is 798. The molecule has 3 rings (SSSR count). The molecule has 1 heterocycles. The monoisotopic (exact) mass is 358 g/mol. The molecule has 6 heteroatoms. The number of benzene rings is 2. The van der Waals surface area contributed by atoms with Crippen LogP contribution in [0.5, 0.6) is 0 Å². The van der Waals surface area contributed by atoms with Crippen molar-refractivity contribution in [2.45, 2.75) is 0 Å². The van der Waals surface area contributed by atoms with Gasteiger partial charge in [-0.05, 0) is 24.3 Å². The molecule has 1 aromatic heterocycles. The summed E-state index contributed by atoms with van der Waals surface area (Å²) in [5.41, 5.74) is 2.31. The van der Waals surface area contributed by atoms with E-state index >= 15 is 0 Å². The molecule has 110 valence electrons. The van der Waals surface area contributed by atoms with E-state index in [1.165, 1.54) is 0 Å². The van der Waals surface area contributed by atoms with Gasteiger partial charge in [0, 0.05) is 15.6 Å². The van der Waals surface area contributed by atoms with Crippen molar-refractivity contribution < 1.29 is 14.4 Å². The first kappa shape index (κ1) is 14.3. The van der Waals surface area contributed by atoms with Gasteiger partial charge in [0.25, 0.3) is 0 Å². The van der Waals surface area contributed by atoms with Gasteiger partial charge in [-0.1, -0.05) is 51.4 Å². The number of anilines is 1. The van der Waals surface area contributed by atoms with Crippen LogP contribution in [-0.2, 0) is 0 Å². The van der Waals surface area contributed by atoms with Crippen molar-refractivity contribution in [2.24, 2.45) is 0 Å². The van der Waals surface area contributed by atoms with E-state index in [1.54, 1.807) is 0 Å². The largest absolute Gasteiger partial charge is 0.465 e. The van der Waals surface area contributed by atoms with Crippen molar-refractivity contribution in [2.75, 3.05) is 5.32 Å². The lowest BCUT2D eigenvalue weighted by atomic mass is 10.1. The summed E-state index contributed by atoms with van der Waals surface area (Å²) in [5, 5.41) is 15.5. The molecule has 1 amide bonds. The van der Waals surface area contributed by atoms with Gasteiger partial charge in [-0.25, -0.2) is 4.79 Å². The maximum Gasteiger partial charge on any atom is 0.409 e. The zero-order valence-corrected chi connectivity index (χ0v) is 12.9. The fraction of sp³-hybridized carbons (Fsp3) is 0. The normalized spacial score (nSPS) is 10.4. The summed E-state index contributed by atoms with van der Waals surface area (Å²) in [6.45, 7) is 0. The molecule has 0 bridgehead atoms. The van der Waals surface area contributed by atoms with Crippen LogP contribution < -0.4 is 5.32 Å². The molecule has 5 nitrogen and oxygen atoms in total. The van der Waals surface area contributed by atoms with Gasteiger partial charge < -0.3 is 9.63 Å². The van der Waals surface area contributed by atoms with Gasteiger partial charge in [0.15, 0.2) is 5.76 Å². The Hall–Kier alpha value is -2.60. The number of hydrogen-bond acceptors (Lipinski definition) is 3. The first-order valence-corrected chi connectivity index (χ1v) is 7.25. The maximum absolute atomic E-state index is 11.1. The van der Waals surface area contributed by atoms with E-state index < -0.39 is 6.09 Å². The van der Waals surface area contributed by atoms with Crippen molar-refractivity contribution in [3.05, 3.63) is 59.1 Å². The molecular formula is C16H11BrN2O3. The van der Waals surface area contributed by atoms with Crippen LogP contribution in [0.2, 0.25) is 0 Å². The highest BCUT2D eigenvalue weighted by atomic mass is 79.9. The van der Waals surface area contributed by atoms with Crippen molar-refractivity contribution in [1.29, 1.82) is 0 Å². The van der Waals surface area contributed by atoms with Gasteiger partial charge >= 0.3 is 6.09 Å². The zero-order valence-electron chi connectivity index (χ0n) is 11.3. The second kappa shape index (κ2) is 6.03. The Balaban J connectivity index is 2.13. The van der Waals surface area contributed by atoms with E-state index in [4.69, 9.17) is 9.63 Å².